The van der Waals surface area contributed by atoms with Gasteiger partial charge in [-0.05, 0) is 30.1 Å². The van der Waals surface area contributed by atoms with Crippen molar-refractivity contribution >= 4 is 58.9 Å². The van der Waals surface area contributed by atoms with Crippen LogP contribution in [-0.4, -0.2) is 68.8 Å². The highest BCUT2D eigenvalue weighted by molar-refractivity contribution is 8.05. The Kier molecular flexibility index (Phi) is 7.95. The predicted molar refractivity (Wildman–Crippen MR) is 115 cm³/mol. The molecule has 136 valence electrons. The van der Waals surface area contributed by atoms with Gasteiger partial charge in [-0.25, -0.2) is 0 Å². The summed E-state index contributed by atoms with van der Waals surface area (Å²) in [6.07, 6.45) is 1.29. The average Bonchev–Trinajstić information content (AvgIpc) is 2.88. The van der Waals surface area contributed by atoms with Crippen molar-refractivity contribution in [2.75, 3.05) is 46.8 Å². The quantitative estimate of drug-likeness (QED) is 0.683. The SMILES string of the molecule is O=C1c2ccccc2C(=O)N1CC1CSCCSCCCSCCS1. The van der Waals surface area contributed by atoms with Crippen molar-refractivity contribution in [3.8, 4) is 0 Å². The maximum atomic E-state index is 12.6. The Bertz CT molecular complexity index is 561. The average molecular weight is 414 g/mol. The molecule has 3 rings (SSSR count). The van der Waals surface area contributed by atoms with E-state index in [1.165, 1.54) is 28.6 Å². The van der Waals surface area contributed by atoms with Gasteiger partial charge in [-0.3, -0.25) is 14.5 Å². The highest BCUT2D eigenvalue weighted by atomic mass is 32.2. The van der Waals surface area contributed by atoms with E-state index in [4.69, 9.17) is 0 Å². The van der Waals surface area contributed by atoms with Crippen LogP contribution in [0.25, 0.3) is 0 Å². The fraction of sp³-hybridized carbons (Fsp3) is 0.556. The van der Waals surface area contributed by atoms with Crippen LogP contribution in [0.2, 0.25) is 0 Å². The van der Waals surface area contributed by atoms with Crippen LogP contribution >= 0.6 is 47.0 Å². The van der Waals surface area contributed by atoms with Gasteiger partial charge in [0.2, 0.25) is 0 Å². The Balaban J connectivity index is 1.61. The summed E-state index contributed by atoms with van der Waals surface area (Å²) in [6, 6.07) is 7.17. The van der Waals surface area contributed by atoms with Gasteiger partial charge >= 0.3 is 0 Å². The Morgan fingerprint density at radius 3 is 2.12 bits per heavy atom. The zero-order valence-corrected chi connectivity index (χ0v) is 17.4. The number of benzene rings is 1. The van der Waals surface area contributed by atoms with Crippen molar-refractivity contribution in [2.24, 2.45) is 0 Å². The van der Waals surface area contributed by atoms with Gasteiger partial charge in [-0.2, -0.15) is 47.0 Å². The molecule has 0 N–H and O–H groups in total. The molecule has 0 bridgehead atoms. The minimum atomic E-state index is -0.126. The number of carbonyl (C=O) groups is 2. The van der Waals surface area contributed by atoms with Crippen molar-refractivity contribution in [3.63, 3.8) is 0 Å². The van der Waals surface area contributed by atoms with Crippen LogP contribution < -0.4 is 0 Å². The highest BCUT2D eigenvalue weighted by Crippen LogP contribution is 2.27. The third-order valence-electron chi connectivity index (χ3n) is 4.10. The Hall–Kier alpha value is -0.240. The minimum absolute atomic E-state index is 0.126. The van der Waals surface area contributed by atoms with Crippen LogP contribution in [-0.2, 0) is 0 Å². The molecule has 25 heavy (non-hydrogen) atoms. The lowest BCUT2D eigenvalue weighted by atomic mass is 10.1. The molecule has 0 radical (unpaired) electrons. The van der Waals surface area contributed by atoms with Gasteiger partial charge in [0, 0.05) is 40.6 Å². The zero-order chi connectivity index (χ0) is 17.5. The summed E-state index contributed by atoms with van der Waals surface area (Å²) >= 11 is 7.94. The van der Waals surface area contributed by atoms with Crippen LogP contribution in [0.4, 0.5) is 0 Å². The number of amides is 2. The van der Waals surface area contributed by atoms with Crippen LogP contribution in [0.5, 0.6) is 0 Å². The second kappa shape index (κ2) is 10.2. The molecule has 0 spiro atoms. The van der Waals surface area contributed by atoms with Gasteiger partial charge in [0.25, 0.3) is 11.8 Å². The van der Waals surface area contributed by atoms with E-state index >= 15 is 0 Å². The van der Waals surface area contributed by atoms with Gasteiger partial charge in [0.05, 0.1) is 11.1 Å². The molecule has 7 heteroatoms. The fourth-order valence-corrected chi connectivity index (χ4v) is 7.72. The third-order valence-corrected chi connectivity index (χ3v) is 9.32. The van der Waals surface area contributed by atoms with Gasteiger partial charge in [0.15, 0.2) is 0 Å². The number of fused-ring (bicyclic) bond motifs is 1. The molecule has 2 aliphatic rings. The van der Waals surface area contributed by atoms with Crippen molar-refractivity contribution in [1.82, 2.24) is 4.90 Å². The first-order valence-electron chi connectivity index (χ1n) is 8.57. The topological polar surface area (TPSA) is 37.4 Å². The maximum Gasteiger partial charge on any atom is 0.261 e. The molecule has 1 unspecified atom stereocenters. The number of hydrogen-bond donors (Lipinski definition) is 0. The second-order valence-electron chi connectivity index (χ2n) is 5.91. The van der Waals surface area contributed by atoms with Crippen molar-refractivity contribution in [3.05, 3.63) is 35.4 Å². The van der Waals surface area contributed by atoms with Gasteiger partial charge in [-0.1, -0.05) is 12.1 Å². The van der Waals surface area contributed by atoms with E-state index in [-0.39, 0.29) is 11.8 Å². The lowest BCUT2D eigenvalue weighted by Crippen LogP contribution is -2.37. The van der Waals surface area contributed by atoms with E-state index in [9.17, 15) is 9.59 Å². The standard InChI is InChI=1S/C18H23NO2S4/c20-17-15-4-1-2-5-16(15)18(21)19(17)12-14-13-24-9-8-22-6-3-7-23-10-11-25-14/h1-2,4-5,14H,3,6-13H2. The molecule has 2 aliphatic heterocycles. The van der Waals surface area contributed by atoms with Crippen molar-refractivity contribution < 1.29 is 9.59 Å². The highest BCUT2D eigenvalue weighted by Gasteiger charge is 2.36. The lowest BCUT2D eigenvalue weighted by molar-refractivity contribution is 0.0657. The van der Waals surface area contributed by atoms with E-state index in [0.29, 0.717) is 22.9 Å². The van der Waals surface area contributed by atoms with E-state index in [2.05, 4.69) is 0 Å². The van der Waals surface area contributed by atoms with E-state index in [0.717, 1.165) is 23.0 Å². The third kappa shape index (κ3) is 5.37. The molecule has 1 saturated heterocycles. The summed E-state index contributed by atoms with van der Waals surface area (Å²) in [5, 5.41) is 0.318. The van der Waals surface area contributed by atoms with Crippen molar-refractivity contribution in [2.45, 2.75) is 11.7 Å². The smallest absolute Gasteiger partial charge is 0.261 e. The molecule has 2 amide bonds. The van der Waals surface area contributed by atoms with E-state index in [1.54, 1.807) is 12.1 Å². The summed E-state index contributed by atoms with van der Waals surface area (Å²) in [5.74, 6) is 7.84. The first-order chi connectivity index (χ1) is 12.3. The molecule has 2 heterocycles. The molecule has 0 aliphatic carbocycles. The predicted octanol–water partition coefficient (Wildman–Crippen LogP) is 3.99. The Morgan fingerprint density at radius 1 is 0.840 bits per heavy atom. The second-order valence-corrected chi connectivity index (χ2v) is 10.9. The molecular formula is C18H23NO2S4. The first kappa shape index (κ1) is 19.5. The molecule has 3 nitrogen and oxygen atoms in total. The van der Waals surface area contributed by atoms with E-state index < -0.39 is 0 Å². The first-order valence-corrected chi connectivity index (χ1v) is 13.1. The molecule has 1 aromatic carbocycles. The molecule has 0 saturated carbocycles. The zero-order valence-electron chi connectivity index (χ0n) is 14.1. The largest absolute Gasteiger partial charge is 0.273 e. The Labute approximate surface area is 166 Å². The van der Waals surface area contributed by atoms with Gasteiger partial charge < -0.3 is 0 Å². The number of carbonyl (C=O) groups excluding carboxylic acids is 2. The fourth-order valence-electron chi connectivity index (χ4n) is 2.84. The molecule has 1 fully saturated rings. The summed E-state index contributed by atoms with van der Waals surface area (Å²) < 4.78 is 0. The van der Waals surface area contributed by atoms with Crippen molar-refractivity contribution in [1.29, 1.82) is 0 Å². The van der Waals surface area contributed by atoms with Crippen LogP contribution in [0.15, 0.2) is 24.3 Å². The number of imide groups is 1. The monoisotopic (exact) mass is 413 g/mol. The number of rotatable bonds is 2. The summed E-state index contributed by atoms with van der Waals surface area (Å²) in [6.45, 7) is 0.530. The summed E-state index contributed by atoms with van der Waals surface area (Å²) in [4.78, 5) is 26.6. The number of nitrogens with zero attached hydrogens (tertiary/aromatic N) is 1. The molecular weight excluding hydrogens is 390 g/mol. The Morgan fingerprint density at radius 2 is 1.44 bits per heavy atom. The van der Waals surface area contributed by atoms with Gasteiger partial charge in [0.1, 0.15) is 0 Å². The lowest BCUT2D eigenvalue weighted by Gasteiger charge is -2.22. The minimum Gasteiger partial charge on any atom is -0.273 e. The normalized spacial score (nSPS) is 23.5. The molecule has 0 aromatic heterocycles. The molecule has 1 atom stereocenters. The number of hydrogen-bond acceptors (Lipinski definition) is 6. The van der Waals surface area contributed by atoms with Crippen LogP contribution in [0.1, 0.15) is 27.1 Å². The van der Waals surface area contributed by atoms with E-state index in [1.807, 2.05) is 59.2 Å². The van der Waals surface area contributed by atoms with Crippen LogP contribution in [0.3, 0.4) is 0 Å². The van der Waals surface area contributed by atoms with Gasteiger partial charge in [-0.15, -0.1) is 0 Å². The maximum absolute atomic E-state index is 12.6. The van der Waals surface area contributed by atoms with Crippen LogP contribution in [0, 0.1) is 0 Å². The summed E-state index contributed by atoms with van der Waals surface area (Å²) in [5.41, 5.74) is 1.11. The number of thioether (sulfide) groups is 4. The summed E-state index contributed by atoms with van der Waals surface area (Å²) in [7, 11) is 0. The molecule has 1 aromatic rings.